The minimum Gasteiger partial charge on any atom is -0.353 e. The van der Waals surface area contributed by atoms with E-state index in [4.69, 9.17) is 16.6 Å². The highest BCUT2D eigenvalue weighted by Gasteiger charge is 2.20. The Kier molecular flexibility index (Phi) is 4.46. The van der Waals surface area contributed by atoms with Gasteiger partial charge in [-0.15, -0.1) is 0 Å². The summed E-state index contributed by atoms with van der Waals surface area (Å²) in [6.07, 6.45) is 3.63. The normalized spacial score (nSPS) is 14.7. The van der Waals surface area contributed by atoms with E-state index in [1.807, 2.05) is 55.7 Å². The highest BCUT2D eigenvalue weighted by atomic mass is 35.5. The maximum atomic E-state index is 6.01. The summed E-state index contributed by atoms with van der Waals surface area (Å²) in [6.45, 7) is 3.50. The minimum atomic E-state index is 0.676. The lowest BCUT2D eigenvalue weighted by atomic mass is 10.3. The third-order valence-corrected chi connectivity index (χ3v) is 4.68. The van der Waals surface area contributed by atoms with Gasteiger partial charge in [-0.25, -0.2) is 9.97 Å². The molecule has 1 saturated heterocycles. The standard InChI is InChI=1S/C18H20ClN7/c1-24(2)18-20-6-5-16(23-18)25-7-9-26(10-8-25)17-12-21-15-11-13(19)3-4-14(15)22-17/h3-6,11-12H,7-10H2,1-2H3. The Hall–Kier alpha value is -2.67. The average molecular weight is 370 g/mol. The Bertz CT molecular complexity index is 922. The summed E-state index contributed by atoms with van der Waals surface area (Å²) in [6, 6.07) is 7.55. The quantitative estimate of drug-likeness (QED) is 0.702. The minimum absolute atomic E-state index is 0.676. The zero-order chi connectivity index (χ0) is 18.1. The summed E-state index contributed by atoms with van der Waals surface area (Å²) in [5.41, 5.74) is 1.68. The molecule has 0 bridgehead atoms. The predicted molar refractivity (Wildman–Crippen MR) is 105 cm³/mol. The van der Waals surface area contributed by atoms with Crippen LogP contribution in [0.3, 0.4) is 0 Å². The molecule has 1 aromatic carbocycles. The van der Waals surface area contributed by atoms with Gasteiger partial charge in [0.25, 0.3) is 0 Å². The van der Waals surface area contributed by atoms with Gasteiger partial charge >= 0.3 is 0 Å². The monoisotopic (exact) mass is 369 g/mol. The van der Waals surface area contributed by atoms with Crippen LogP contribution in [0.15, 0.2) is 36.7 Å². The van der Waals surface area contributed by atoms with Gasteiger partial charge in [0.15, 0.2) is 0 Å². The second-order valence-corrected chi connectivity index (χ2v) is 6.88. The molecule has 1 aliphatic rings. The maximum Gasteiger partial charge on any atom is 0.226 e. The third kappa shape index (κ3) is 3.35. The van der Waals surface area contributed by atoms with Crippen molar-refractivity contribution in [1.29, 1.82) is 0 Å². The zero-order valence-corrected chi connectivity index (χ0v) is 15.6. The van der Waals surface area contributed by atoms with Crippen LogP contribution in [0.2, 0.25) is 5.02 Å². The molecule has 0 saturated carbocycles. The van der Waals surface area contributed by atoms with Crippen molar-refractivity contribution in [3.8, 4) is 0 Å². The van der Waals surface area contributed by atoms with E-state index < -0.39 is 0 Å². The molecule has 0 N–H and O–H groups in total. The molecule has 0 aliphatic carbocycles. The van der Waals surface area contributed by atoms with Crippen LogP contribution in [0.4, 0.5) is 17.6 Å². The molecule has 0 spiro atoms. The van der Waals surface area contributed by atoms with Gasteiger partial charge in [0.1, 0.15) is 11.6 Å². The van der Waals surface area contributed by atoms with E-state index in [1.165, 1.54) is 0 Å². The van der Waals surface area contributed by atoms with E-state index in [0.717, 1.165) is 54.8 Å². The van der Waals surface area contributed by atoms with Crippen molar-refractivity contribution in [2.45, 2.75) is 0 Å². The maximum absolute atomic E-state index is 6.01. The SMILES string of the molecule is CN(C)c1nccc(N2CCN(c3cnc4cc(Cl)ccc4n3)CC2)n1. The molecule has 3 aromatic rings. The Morgan fingerprint density at radius 1 is 0.885 bits per heavy atom. The zero-order valence-electron chi connectivity index (χ0n) is 14.8. The topological polar surface area (TPSA) is 61.3 Å². The van der Waals surface area contributed by atoms with E-state index >= 15 is 0 Å². The van der Waals surface area contributed by atoms with Gasteiger partial charge in [-0.1, -0.05) is 11.6 Å². The van der Waals surface area contributed by atoms with E-state index in [2.05, 4.69) is 24.8 Å². The molecule has 134 valence electrons. The van der Waals surface area contributed by atoms with Crippen LogP contribution >= 0.6 is 11.6 Å². The smallest absolute Gasteiger partial charge is 0.226 e. The second-order valence-electron chi connectivity index (χ2n) is 6.44. The van der Waals surface area contributed by atoms with Gasteiger partial charge in [-0.2, -0.15) is 4.98 Å². The van der Waals surface area contributed by atoms with Gasteiger partial charge in [-0.05, 0) is 24.3 Å². The van der Waals surface area contributed by atoms with Gasteiger partial charge in [0, 0.05) is 51.5 Å². The second kappa shape index (κ2) is 6.92. The Balaban J connectivity index is 1.48. The number of anilines is 3. The van der Waals surface area contributed by atoms with Crippen molar-refractivity contribution in [2.75, 3.05) is 55.0 Å². The number of rotatable bonds is 3. The number of aromatic nitrogens is 4. The summed E-state index contributed by atoms with van der Waals surface area (Å²) < 4.78 is 0. The van der Waals surface area contributed by atoms with E-state index in [9.17, 15) is 0 Å². The largest absolute Gasteiger partial charge is 0.353 e. The van der Waals surface area contributed by atoms with E-state index in [1.54, 1.807) is 0 Å². The Morgan fingerprint density at radius 2 is 1.62 bits per heavy atom. The Morgan fingerprint density at radius 3 is 2.35 bits per heavy atom. The van der Waals surface area contributed by atoms with Gasteiger partial charge in [0.05, 0.1) is 17.2 Å². The molecule has 0 atom stereocenters. The van der Waals surface area contributed by atoms with Crippen molar-refractivity contribution in [2.24, 2.45) is 0 Å². The van der Waals surface area contributed by atoms with Crippen LogP contribution < -0.4 is 14.7 Å². The van der Waals surface area contributed by atoms with E-state index in [-0.39, 0.29) is 0 Å². The summed E-state index contributed by atoms with van der Waals surface area (Å²) >= 11 is 6.01. The fraction of sp³-hybridized carbons (Fsp3) is 0.333. The number of fused-ring (bicyclic) bond motifs is 1. The number of hydrogen-bond acceptors (Lipinski definition) is 7. The molecule has 8 heteroatoms. The molecule has 0 radical (unpaired) electrons. The van der Waals surface area contributed by atoms with Gasteiger partial charge in [-0.3, -0.25) is 4.98 Å². The lowest BCUT2D eigenvalue weighted by molar-refractivity contribution is 0.641. The van der Waals surface area contributed by atoms with Crippen LogP contribution in [0.1, 0.15) is 0 Å². The van der Waals surface area contributed by atoms with Crippen molar-refractivity contribution in [1.82, 2.24) is 19.9 Å². The predicted octanol–water partition coefficient (Wildman–Crippen LogP) is 2.47. The first-order chi connectivity index (χ1) is 12.6. The number of hydrogen-bond donors (Lipinski definition) is 0. The molecule has 3 heterocycles. The first kappa shape index (κ1) is 16.8. The molecular weight excluding hydrogens is 350 g/mol. The third-order valence-electron chi connectivity index (χ3n) is 4.45. The summed E-state index contributed by atoms with van der Waals surface area (Å²) in [5, 5.41) is 0.676. The van der Waals surface area contributed by atoms with Crippen molar-refractivity contribution in [3.05, 3.63) is 41.7 Å². The molecule has 7 nitrogen and oxygen atoms in total. The first-order valence-corrected chi connectivity index (χ1v) is 8.90. The molecule has 0 unspecified atom stereocenters. The summed E-state index contributed by atoms with van der Waals surface area (Å²) in [7, 11) is 3.89. The molecular formula is C18H20ClN7. The average Bonchev–Trinajstić information content (AvgIpc) is 2.68. The van der Waals surface area contributed by atoms with Crippen molar-refractivity contribution >= 4 is 40.2 Å². The lowest BCUT2D eigenvalue weighted by Crippen LogP contribution is -2.47. The fourth-order valence-electron chi connectivity index (χ4n) is 3.02. The molecule has 4 rings (SSSR count). The van der Waals surface area contributed by atoms with Crippen molar-refractivity contribution in [3.63, 3.8) is 0 Å². The number of benzene rings is 1. The van der Waals surface area contributed by atoms with E-state index in [0.29, 0.717) is 5.02 Å². The molecule has 0 amide bonds. The highest BCUT2D eigenvalue weighted by molar-refractivity contribution is 6.31. The number of halogens is 1. The molecule has 1 fully saturated rings. The fourth-order valence-corrected chi connectivity index (χ4v) is 3.19. The summed E-state index contributed by atoms with van der Waals surface area (Å²) in [4.78, 5) is 24.6. The van der Waals surface area contributed by atoms with Crippen LogP contribution in [0, 0.1) is 0 Å². The van der Waals surface area contributed by atoms with Gasteiger partial charge < -0.3 is 14.7 Å². The van der Waals surface area contributed by atoms with Crippen LogP contribution in [0.5, 0.6) is 0 Å². The molecule has 2 aromatic heterocycles. The lowest BCUT2D eigenvalue weighted by Gasteiger charge is -2.36. The van der Waals surface area contributed by atoms with Crippen LogP contribution in [0.25, 0.3) is 11.0 Å². The van der Waals surface area contributed by atoms with Crippen molar-refractivity contribution < 1.29 is 0 Å². The molecule has 1 aliphatic heterocycles. The van der Waals surface area contributed by atoms with Gasteiger partial charge in [0.2, 0.25) is 5.95 Å². The number of piperazine rings is 1. The highest BCUT2D eigenvalue weighted by Crippen LogP contribution is 2.21. The number of nitrogens with zero attached hydrogens (tertiary/aromatic N) is 7. The Labute approximate surface area is 157 Å². The molecule has 26 heavy (non-hydrogen) atoms. The van der Waals surface area contributed by atoms with Crippen LogP contribution in [-0.4, -0.2) is 60.2 Å². The summed E-state index contributed by atoms with van der Waals surface area (Å²) in [5.74, 6) is 2.59. The van der Waals surface area contributed by atoms with Crippen LogP contribution in [-0.2, 0) is 0 Å². The first-order valence-electron chi connectivity index (χ1n) is 8.53.